The van der Waals surface area contributed by atoms with Gasteiger partial charge in [0, 0.05) is 28.3 Å². The van der Waals surface area contributed by atoms with Gasteiger partial charge in [0.15, 0.2) is 0 Å². The largest absolute Gasteiger partial charge is 0.507 e. The van der Waals surface area contributed by atoms with Crippen LogP contribution in [-0.4, -0.2) is 19.6 Å². The minimum Gasteiger partial charge on any atom is -0.507 e. The Morgan fingerprint density at radius 2 is 1.39 bits per heavy atom. The molecule has 0 saturated carbocycles. The lowest BCUT2D eigenvalue weighted by atomic mass is 9.83. The number of para-hydroxylation sites is 1. The number of nitrogens with zero attached hydrogens (tertiary/aromatic N) is 3. The molecule has 0 saturated heterocycles. The number of phenolic OH excluding ortho intramolecular Hbond substituents is 1. The fourth-order valence-corrected chi connectivity index (χ4v) is 7.40. The van der Waals surface area contributed by atoms with E-state index < -0.39 is 71.7 Å². The van der Waals surface area contributed by atoms with Crippen LogP contribution in [0.3, 0.4) is 0 Å². The molecule has 0 fully saturated rings. The molecule has 0 aliphatic heterocycles. The topological polar surface area (TPSA) is 50.9 Å². The van der Waals surface area contributed by atoms with Gasteiger partial charge in [0.05, 0.1) is 37.6 Å². The van der Waals surface area contributed by atoms with Gasteiger partial charge in [-0.2, -0.15) is 0 Å². The van der Waals surface area contributed by atoms with Crippen LogP contribution in [0.2, 0.25) is 0 Å². The van der Waals surface area contributed by atoms with Gasteiger partial charge < -0.3 is 5.11 Å². The summed E-state index contributed by atoms with van der Waals surface area (Å²) in [6.07, 6.45) is -0.576. The molecule has 8 rings (SSSR count). The summed E-state index contributed by atoms with van der Waals surface area (Å²) in [6.45, 7) is 15.1. The summed E-state index contributed by atoms with van der Waals surface area (Å²) in [6, 6.07) is 27.3. The van der Waals surface area contributed by atoms with E-state index in [0.29, 0.717) is 44.7 Å². The maximum Gasteiger partial charge on any atom is 0.149 e. The lowest BCUT2D eigenvalue weighted by molar-refractivity contribution is 0.471. The second-order valence-electron chi connectivity index (χ2n) is 17.5. The molecule has 6 aromatic carbocycles. The van der Waals surface area contributed by atoms with Crippen molar-refractivity contribution in [1.29, 1.82) is 0 Å². The van der Waals surface area contributed by atoms with Crippen molar-refractivity contribution in [3.05, 3.63) is 167 Å². The van der Waals surface area contributed by atoms with Crippen molar-refractivity contribution in [2.45, 2.75) is 85.9 Å². The molecule has 59 heavy (non-hydrogen) atoms. The Morgan fingerprint density at radius 1 is 0.678 bits per heavy atom. The van der Waals surface area contributed by atoms with Crippen LogP contribution in [0.4, 0.5) is 0 Å². The van der Waals surface area contributed by atoms with Crippen LogP contribution < -0.4 is 0 Å². The fourth-order valence-electron chi connectivity index (χ4n) is 7.40. The summed E-state index contributed by atoms with van der Waals surface area (Å²) in [5, 5.41) is 12.0. The van der Waals surface area contributed by atoms with Crippen LogP contribution >= 0.6 is 0 Å². The number of rotatable bonds is 7. The van der Waals surface area contributed by atoms with Gasteiger partial charge >= 0.3 is 0 Å². The normalized spacial score (nSPS) is 15.2. The quantitative estimate of drug-likeness (QED) is 0.175. The highest BCUT2D eigenvalue weighted by Gasteiger charge is 2.26. The molecule has 4 nitrogen and oxygen atoms in total. The van der Waals surface area contributed by atoms with Crippen molar-refractivity contribution in [3.8, 4) is 67.5 Å². The Hall–Kier alpha value is -6.26. The maximum atomic E-state index is 12.0. The molecule has 0 aliphatic rings. The molecule has 0 amide bonds. The number of imidazole rings is 1. The highest BCUT2D eigenvalue weighted by Crippen LogP contribution is 2.44. The van der Waals surface area contributed by atoms with E-state index in [1.165, 1.54) is 0 Å². The number of hydrogen-bond acceptors (Lipinski definition) is 3. The first-order valence-electron chi connectivity index (χ1n) is 25.3. The number of fused-ring (bicyclic) bond motifs is 1. The van der Waals surface area contributed by atoms with Gasteiger partial charge in [-0.1, -0.05) is 146 Å². The predicted molar refractivity (Wildman–Crippen MR) is 249 cm³/mol. The monoisotopic (exact) mass is 785 g/mol. The van der Waals surface area contributed by atoms with Crippen molar-refractivity contribution in [3.63, 3.8) is 0 Å². The summed E-state index contributed by atoms with van der Waals surface area (Å²) >= 11 is 0. The Labute approximate surface area is 365 Å². The molecule has 0 aliphatic carbocycles. The number of aryl methyl sites for hydroxylation is 1. The third kappa shape index (κ3) is 7.72. The van der Waals surface area contributed by atoms with E-state index in [4.69, 9.17) is 18.7 Å². The molecule has 2 aromatic heterocycles. The van der Waals surface area contributed by atoms with E-state index >= 15 is 0 Å². The third-order valence-corrected chi connectivity index (χ3v) is 10.8. The number of benzene rings is 6. The highest BCUT2D eigenvalue weighted by molar-refractivity contribution is 5.98. The molecule has 8 aromatic rings. The van der Waals surface area contributed by atoms with E-state index in [1.54, 1.807) is 0 Å². The Bertz CT molecular complexity index is 3380. The SMILES string of the molecule is [2H]c1nc(-c2cc(-c3cccc4c3nc(-c3cc(C(C)(C)C)cc(C)c3O)n4-c3ccc(C([2H])(C)C)cc3-c3ccccc3)cc(C(C)(C)C)c2)c([2H])c(-c2c([2H])c([2H])c(C([2H])([2H])[2H])c([2H])c2[2H])c1[2H]. The van der Waals surface area contributed by atoms with Crippen molar-refractivity contribution < 1.29 is 20.2 Å². The minimum absolute atomic E-state index is 0.0530. The molecular formula is C55H55N3O. The first-order chi connectivity index (χ1) is 32.5. The summed E-state index contributed by atoms with van der Waals surface area (Å²) in [7, 11) is 0. The van der Waals surface area contributed by atoms with Crippen LogP contribution in [0.5, 0.6) is 5.75 Å². The third-order valence-electron chi connectivity index (χ3n) is 10.8. The van der Waals surface area contributed by atoms with Crippen molar-refractivity contribution in [2.24, 2.45) is 0 Å². The molecule has 0 spiro atoms. The molecule has 0 radical (unpaired) electrons. The predicted octanol–water partition coefficient (Wildman–Crippen LogP) is 14.8. The first kappa shape index (κ1) is 28.2. The maximum absolute atomic E-state index is 12.0. The summed E-state index contributed by atoms with van der Waals surface area (Å²) in [5.74, 6) is -0.355. The zero-order valence-corrected chi connectivity index (χ0v) is 35.0. The van der Waals surface area contributed by atoms with Crippen molar-refractivity contribution in [1.82, 2.24) is 14.5 Å². The standard InChI is InChI=1S/C55H55N3O/c1-34(2)39-23-24-49(46(31-39)38-15-12-11-13-16-38)58-50-18-14-17-45(51(50)57-53(58)47-33-43(54(5,6)7)27-36(4)52(47)59)41-28-42(30-44(29-41)55(8,9)10)48-32-40(25-26-56-48)37-21-19-35(3)20-22-37/h11-34,59H,1-10H3/i3D3,19D,20D,21D,22D,25D,26D,32D,34D. The van der Waals surface area contributed by atoms with E-state index in [1.807, 2.05) is 139 Å². The lowest BCUT2D eigenvalue weighted by Gasteiger charge is -2.22. The van der Waals surface area contributed by atoms with Gasteiger partial charge in [0.2, 0.25) is 0 Å². The van der Waals surface area contributed by atoms with Gasteiger partial charge in [-0.25, -0.2) is 4.98 Å². The summed E-state index contributed by atoms with van der Waals surface area (Å²) in [4.78, 5) is 9.90. The molecule has 4 heteroatoms. The smallest absolute Gasteiger partial charge is 0.149 e. The minimum atomic E-state index is -2.97. The Kier molecular flexibility index (Phi) is 7.25. The van der Waals surface area contributed by atoms with Gasteiger partial charge in [0.1, 0.15) is 11.6 Å². The van der Waals surface area contributed by atoms with E-state index in [9.17, 15) is 6.48 Å². The molecule has 0 atom stereocenters. The number of aromatic hydroxyl groups is 1. The number of pyridine rings is 1. The molecule has 0 unspecified atom stereocenters. The second kappa shape index (κ2) is 15.2. The zero-order chi connectivity index (χ0) is 51.3. The van der Waals surface area contributed by atoms with Crippen LogP contribution in [-0.2, 0) is 10.8 Å². The summed E-state index contributed by atoms with van der Waals surface area (Å²) < 4.78 is 97.0. The van der Waals surface area contributed by atoms with Crippen LogP contribution in [0.15, 0.2) is 139 Å². The van der Waals surface area contributed by atoms with E-state index in [-0.39, 0.29) is 22.4 Å². The molecule has 2 heterocycles. The van der Waals surface area contributed by atoms with Crippen LogP contribution in [0.25, 0.3) is 72.7 Å². The van der Waals surface area contributed by atoms with Crippen LogP contribution in [0.1, 0.15) is 104 Å². The fraction of sp³-hybridized carbons (Fsp3) is 0.236. The lowest BCUT2D eigenvalue weighted by Crippen LogP contribution is -2.12. The van der Waals surface area contributed by atoms with Gasteiger partial charge in [-0.05, 0) is 123 Å². The van der Waals surface area contributed by atoms with Gasteiger partial charge in [-0.15, -0.1) is 0 Å². The average Bonchev–Trinajstić information content (AvgIpc) is 3.67. The second-order valence-corrected chi connectivity index (χ2v) is 17.5. The van der Waals surface area contributed by atoms with E-state index in [2.05, 4.69) is 30.3 Å². The highest BCUT2D eigenvalue weighted by atomic mass is 16.3. The van der Waals surface area contributed by atoms with Gasteiger partial charge in [-0.3, -0.25) is 9.55 Å². The van der Waals surface area contributed by atoms with Crippen molar-refractivity contribution in [2.75, 3.05) is 0 Å². The number of hydrogen-bond donors (Lipinski definition) is 1. The molecule has 0 bridgehead atoms. The number of aromatic nitrogens is 3. The molecule has 296 valence electrons. The van der Waals surface area contributed by atoms with Crippen molar-refractivity contribution >= 4 is 11.0 Å². The first-order valence-corrected chi connectivity index (χ1v) is 19.8. The zero-order valence-electron chi connectivity index (χ0n) is 46.0. The van der Waals surface area contributed by atoms with Crippen LogP contribution in [0, 0.1) is 13.8 Å². The average molecular weight is 785 g/mol. The Balaban J connectivity index is 1.46. The van der Waals surface area contributed by atoms with Gasteiger partial charge in [0.25, 0.3) is 0 Å². The Morgan fingerprint density at radius 3 is 2.08 bits per heavy atom. The molecule has 1 N–H and O–H groups in total. The van der Waals surface area contributed by atoms with E-state index in [0.717, 1.165) is 33.5 Å². The molecular weight excluding hydrogens is 719 g/mol. The number of phenols is 1. The summed E-state index contributed by atoms with van der Waals surface area (Å²) in [5.41, 5.74) is 6.96.